The van der Waals surface area contributed by atoms with Crippen molar-refractivity contribution in [2.24, 2.45) is 0 Å². The SMILES string of the molecule is O=C(COC(=O)c1cc2ccccc2[nH]1)NC(c1ccccc1)c1ccccc1. The first kappa shape index (κ1) is 18.5. The van der Waals surface area contributed by atoms with Crippen LogP contribution in [-0.4, -0.2) is 23.5 Å². The van der Waals surface area contributed by atoms with E-state index in [2.05, 4.69) is 10.3 Å². The molecule has 0 saturated carbocycles. The first-order valence-electron chi connectivity index (χ1n) is 9.35. The van der Waals surface area contributed by atoms with Crippen LogP contribution >= 0.6 is 0 Å². The van der Waals surface area contributed by atoms with Gasteiger partial charge in [0.2, 0.25) is 0 Å². The Kier molecular flexibility index (Phi) is 5.38. The topological polar surface area (TPSA) is 71.2 Å². The molecule has 144 valence electrons. The molecule has 0 saturated heterocycles. The van der Waals surface area contributed by atoms with Crippen molar-refractivity contribution in [3.63, 3.8) is 0 Å². The van der Waals surface area contributed by atoms with Crippen molar-refractivity contribution >= 4 is 22.8 Å². The van der Waals surface area contributed by atoms with Crippen LogP contribution in [0.25, 0.3) is 10.9 Å². The lowest BCUT2D eigenvalue weighted by atomic mass is 9.99. The highest BCUT2D eigenvalue weighted by atomic mass is 16.5. The Hall–Kier alpha value is -3.86. The molecular formula is C24H20N2O3. The number of hydrogen-bond acceptors (Lipinski definition) is 3. The zero-order valence-corrected chi connectivity index (χ0v) is 15.7. The van der Waals surface area contributed by atoms with Crippen LogP contribution in [0, 0.1) is 0 Å². The largest absolute Gasteiger partial charge is 0.451 e. The monoisotopic (exact) mass is 384 g/mol. The summed E-state index contributed by atoms with van der Waals surface area (Å²) in [6.45, 7) is -0.357. The van der Waals surface area contributed by atoms with Gasteiger partial charge in [0.05, 0.1) is 6.04 Å². The highest BCUT2D eigenvalue weighted by Crippen LogP contribution is 2.21. The quantitative estimate of drug-likeness (QED) is 0.489. The summed E-state index contributed by atoms with van der Waals surface area (Å²) in [7, 11) is 0. The van der Waals surface area contributed by atoms with Gasteiger partial charge < -0.3 is 15.0 Å². The van der Waals surface area contributed by atoms with Crippen LogP contribution in [0.2, 0.25) is 0 Å². The van der Waals surface area contributed by atoms with Crippen molar-refractivity contribution in [1.29, 1.82) is 0 Å². The van der Waals surface area contributed by atoms with E-state index in [-0.39, 0.29) is 18.6 Å². The number of para-hydroxylation sites is 1. The molecule has 1 heterocycles. The molecular weight excluding hydrogens is 364 g/mol. The number of carbonyl (C=O) groups excluding carboxylic acids is 2. The predicted molar refractivity (Wildman–Crippen MR) is 111 cm³/mol. The minimum Gasteiger partial charge on any atom is -0.451 e. The first-order valence-corrected chi connectivity index (χ1v) is 9.35. The van der Waals surface area contributed by atoms with Gasteiger partial charge in [-0.2, -0.15) is 0 Å². The molecule has 0 aliphatic carbocycles. The lowest BCUT2D eigenvalue weighted by Crippen LogP contribution is -2.33. The molecule has 2 N–H and O–H groups in total. The molecule has 0 fully saturated rings. The molecule has 0 aliphatic heterocycles. The fourth-order valence-electron chi connectivity index (χ4n) is 3.24. The summed E-state index contributed by atoms with van der Waals surface area (Å²) < 4.78 is 5.21. The van der Waals surface area contributed by atoms with Crippen molar-refractivity contribution < 1.29 is 14.3 Å². The van der Waals surface area contributed by atoms with Gasteiger partial charge in [-0.15, -0.1) is 0 Å². The van der Waals surface area contributed by atoms with Gasteiger partial charge >= 0.3 is 5.97 Å². The maximum Gasteiger partial charge on any atom is 0.355 e. The van der Waals surface area contributed by atoms with Crippen molar-refractivity contribution in [3.05, 3.63) is 108 Å². The molecule has 0 radical (unpaired) electrons. The number of esters is 1. The molecule has 4 aromatic rings. The molecule has 3 aromatic carbocycles. The highest BCUT2D eigenvalue weighted by molar-refractivity contribution is 5.95. The van der Waals surface area contributed by atoms with Gasteiger partial charge in [0.25, 0.3) is 5.91 Å². The Balaban J connectivity index is 1.43. The van der Waals surface area contributed by atoms with E-state index >= 15 is 0 Å². The Bertz CT molecular complexity index is 1050. The first-order chi connectivity index (χ1) is 14.2. The van der Waals surface area contributed by atoms with Crippen molar-refractivity contribution in [2.45, 2.75) is 6.04 Å². The van der Waals surface area contributed by atoms with Gasteiger partial charge in [-0.25, -0.2) is 4.79 Å². The van der Waals surface area contributed by atoms with Gasteiger partial charge in [-0.3, -0.25) is 4.79 Å². The van der Waals surface area contributed by atoms with Crippen LogP contribution in [0.1, 0.15) is 27.7 Å². The minimum atomic E-state index is -0.563. The minimum absolute atomic E-state index is 0.321. The number of rotatable bonds is 6. The maximum atomic E-state index is 12.5. The normalized spacial score (nSPS) is 10.8. The number of amides is 1. The van der Waals surface area contributed by atoms with Crippen LogP contribution in [0.5, 0.6) is 0 Å². The number of benzene rings is 3. The summed E-state index contributed by atoms with van der Waals surface area (Å²) in [5, 5.41) is 3.87. The second-order valence-electron chi connectivity index (χ2n) is 6.67. The van der Waals surface area contributed by atoms with Crippen LogP contribution in [0.3, 0.4) is 0 Å². The number of aromatic nitrogens is 1. The number of hydrogen-bond donors (Lipinski definition) is 2. The Morgan fingerprint density at radius 3 is 2.03 bits per heavy atom. The van der Waals surface area contributed by atoms with Gasteiger partial charge in [-0.1, -0.05) is 78.9 Å². The van der Waals surface area contributed by atoms with E-state index in [4.69, 9.17) is 4.74 Å². The number of nitrogens with one attached hydrogen (secondary N) is 2. The third-order valence-electron chi connectivity index (χ3n) is 4.66. The summed E-state index contributed by atoms with van der Waals surface area (Å²) in [5.74, 6) is -0.931. The third-order valence-corrected chi connectivity index (χ3v) is 4.66. The molecule has 0 aliphatic rings. The lowest BCUT2D eigenvalue weighted by Gasteiger charge is -2.19. The Morgan fingerprint density at radius 1 is 0.828 bits per heavy atom. The number of aromatic amines is 1. The predicted octanol–water partition coefficient (Wildman–Crippen LogP) is 4.23. The standard InChI is InChI=1S/C24H20N2O3/c27-22(16-29-24(28)21-15-19-13-7-8-14-20(19)25-21)26-23(17-9-3-1-4-10-17)18-11-5-2-6-12-18/h1-15,23,25H,16H2,(H,26,27). The second kappa shape index (κ2) is 8.44. The van der Waals surface area contributed by atoms with Crippen LogP contribution in [-0.2, 0) is 9.53 Å². The summed E-state index contributed by atoms with van der Waals surface area (Å²) in [4.78, 5) is 27.8. The smallest absolute Gasteiger partial charge is 0.355 e. The van der Waals surface area contributed by atoms with Gasteiger partial charge in [0.1, 0.15) is 5.69 Å². The van der Waals surface area contributed by atoms with Gasteiger partial charge in [0.15, 0.2) is 6.61 Å². The van der Waals surface area contributed by atoms with Crippen LogP contribution in [0.4, 0.5) is 0 Å². The van der Waals surface area contributed by atoms with Crippen molar-refractivity contribution in [3.8, 4) is 0 Å². The Labute approximate surface area is 168 Å². The second-order valence-corrected chi connectivity index (χ2v) is 6.67. The molecule has 1 amide bonds. The number of H-pyrrole nitrogens is 1. The fourth-order valence-corrected chi connectivity index (χ4v) is 3.24. The summed E-state index contributed by atoms with van der Waals surface area (Å²) in [6, 6.07) is 28.3. The van der Waals surface area contributed by atoms with E-state index < -0.39 is 5.97 Å². The molecule has 0 atom stereocenters. The Morgan fingerprint density at radius 2 is 1.41 bits per heavy atom. The third kappa shape index (κ3) is 4.35. The number of carbonyl (C=O) groups is 2. The zero-order chi connectivity index (χ0) is 20.1. The number of ether oxygens (including phenoxy) is 1. The average Bonchev–Trinajstić information content (AvgIpc) is 3.21. The highest BCUT2D eigenvalue weighted by Gasteiger charge is 2.18. The molecule has 5 heteroatoms. The molecule has 0 spiro atoms. The van der Waals surface area contributed by atoms with Gasteiger partial charge in [-0.05, 0) is 23.3 Å². The van der Waals surface area contributed by atoms with Crippen LogP contribution < -0.4 is 5.32 Å². The van der Waals surface area contributed by atoms with Gasteiger partial charge in [0, 0.05) is 10.9 Å². The van der Waals surface area contributed by atoms with E-state index in [1.54, 1.807) is 6.07 Å². The molecule has 0 bridgehead atoms. The van der Waals surface area contributed by atoms with E-state index in [0.29, 0.717) is 5.69 Å². The molecule has 4 rings (SSSR count). The van der Waals surface area contributed by atoms with Crippen LogP contribution in [0.15, 0.2) is 91.0 Å². The maximum absolute atomic E-state index is 12.5. The summed E-state index contributed by atoms with van der Waals surface area (Å²) in [6.07, 6.45) is 0. The number of fused-ring (bicyclic) bond motifs is 1. The van der Waals surface area contributed by atoms with Crippen molar-refractivity contribution in [2.75, 3.05) is 6.61 Å². The van der Waals surface area contributed by atoms with Crippen molar-refractivity contribution in [1.82, 2.24) is 10.3 Å². The average molecular weight is 384 g/mol. The van der Waals surface area contributed by atoms with E-state index in [9.17, 15) is 9.59 Å². The molecule has 0 unspecified atom stereocenters. The van der Waals surface area contributed by atoms with E-state index in [1.807, 2.05) is 84.9 Å². The lowest BCUT2D eigenvalue weighted by molar-refractivity contribution is -0.124. The van der Waals surface area contributed by atoms with E-state index in [1.165, 1.54) is 0 Å². The fraction of sp³-hybridized carbons (Fsp3) is 0.0833. The molecule has 29 heavy (non-hydrogen) atoms. The summed E-state index contributed by atoms with van der Waals surface area (Å²) in [5.41, 5.74) is 3.07. The molecule has 5 nitrogen and oxygen atoms in total. The van der Waals surface area contributed by atoms with E-state index in [0.717, 1.165) is 22.0 Å². The summed E-state index contributed by atoms with van der Waals surface area (Å²) >= 11 is 0. The zero-order valence-electron chi connectivity index (χ0n) is 15.7. The molecule has 1 aromatic heterocycles.